The van der Waals surface area contributed by atoms with Crippen molar-refractivity contribution >= 4 is 5.91 Å². The van der Waals surface area contributed by atoms with Crippen LogP contribution in [0.3, 0.4) is 0 Å². The van der Waals surface area contributed by atoms with Crippen LogP contribution in [0.5, 0.6) is 5.75 Å². The minimum absolute atomic E-state index is 0.0894. The molecule has 3 aromatic rings. The van der Waals surface area contributed by atoms with Crippen LogP contribution in [-0.2, 0) is 24.3 Å². The van der Waals surface area contributed by atoms with Gasteiger partial charge in [-0.3, -0.25) is 4.79 Å². The summed E-state index contributed by atoms with van der Waals surface area (Å²) < 4.78 is 5.16. The lowest BCUT2D eigenvalue weighted by molar-refractivity contribution is -0.117. The largest absolute Gasteiger partial charge is 0.497 e. The molecule has 0 aliphatic carbocycles. The second-order valence-corrected chi connectivity index (χ2v) is 7.38. The van der Waals surface area contributed by atoms with Gasteiger partial charge in [-0.1, -0.05) is 72.8 Å². The number of carbonyl (C=O) groups excluding carboxylic acids is 1. The third-order valence-electron chi connectivity index (χ3n) is 4.99. The van der Waals surface area contributed by atoms with Crippen molar-refractivity contribution in [2.75, 3.05) is 13.7 Å². The first-order valence-corrected chi connectivity index (χ1v) is 10.5. The van der Waals surface area contributed by atoms with Crippen molar-refractivity contribution in [3.05, 3.63) is 113 Å². The average Bonchev–Trinajstić information content (AvgIpc) is 2.84. The SMILES string of the molecule is COc1ccc(CCNC(=O)/C(C#N)=C\N(Cc2ccccc2)Cc2ccccc2)cc1. The summed E-state index contributed by atoms with van der Waals surface area (Å²) in [4.78, 5) is 14.6. The van der Waals surface area contributed by atoms with Crippen molar-refractivity contribution in [2.24, 2.45) is 0 Å². The third kappa shape index (κ3) is 7.03. The van der Waals surface area contributed by atoms with Crippen molar-refractivity contribution in [3.63, 3.8) is 0 Å². The van der Waals surface area contributed by atoms with Crippen LogP contribution in [0.2, 0.25) is 0 Å². The molecule has 0 saturated carbocycles. The van der Waals surface area contributed by atoms with E-state index < -0.39 is 0 Å². The number of ether oxygens (including phenoxy) is 1. The molecule has 3 aromatic carbocycles. The van der Waals surface area contributed by atoms with Crippen molar-refractivity contribution in [3.8, 4) is 11.8 Å². The van der Waals surface area contributed by atoms with Gasteiger partial charge in [0.25, 0.3) is 5.91 Å². The summed E-state index contributed by atoms with van der Waals surface area (Å²) in [7, 11) is 1.63. The summed E-state index contributed by atoms with van der Waals surface area (Å²) in [5.74, 6) is 0.427. The monoisotopic (exact) mass is 425 g/mol. The zero-order chi connectivity index (χ0) is 22.6. The number of hydrogen-bond donors (Lipinski definition) is 1. The molecule has 0 heterocycles. The molecule has 0 atom stereocenters. The molecular formula is C27H27N3O2. The molecule has 5 heteroatoms. The van der Waals surface area contributed by atoms with Crippen LogP contribution < -0.4 is 10.1 Å². The number of amides is 1. The molecular weight excluding hydrogens is 398 g/mol. The Balaban J connectivity index is 1.66. The number of hydrogen-bond acceptors (Lipinski definition) is 4. The predicted octanol–water partition coefficient (Wildman–Crippen LogP) is 4.46. The highest BCUT2D eigenvalue weighted by atomic mass is 16.5. The lowest BCUT2D eigenvalue weighted by Gasteiger charge is -2.21. The van der Waals surface area contributed by atoms with Gasteiger partial charge >= 0.3 is 0 Å². The molecule has 0 spiro atoms. The second-order valence-electron chi connectivity index (χ2n) is 7.38. The topological polar surface area (TPSA) is 65.4 Å². The Morgan fingerprint density at radius 2 is 1.47 bits per heavy atom. The van der Waals surface area contributed by atoms with E-state index in [0.29, 0.717) is 26.1 Å². The molecule has 32 heavy (non-hydrogen) atoms. The Morgan fingerprint density at radius 3 is 1.97 bits per heavy atom. The third-order valence-corrected chi connectivity index (χ3v) is 4.99. The maximum Gasteiger partial charge on any atom is 0.263 e. The van der Waals surface area contributed by atoms with E-state index in [2.05, 4.69) is 11.4 Å². The zero-order valence-electron chi connectivity index (χ0n) is 18.2. The Hall–Kier alpha value is -4.04. The maximum absolute atomic E-state index is 12.7. The quantitative estimate of drug-likeness (QED) is 0.385. The summed E-state index contributed by atoms with van der Waals surface area (Å²) in [6, 6.07) is 29.8. The maximum atomic E-state index is 12.7. The molecule has 1 amide bonds. The summed E-state index contributed by atoms with van der Waals surface area (Å²) in [5.41, 5.74) is 3.39. The molecule has 0 saturated heterocycles. The van der Waals surface area contributed by atoms with Crippen LogP contribution in [0, 0.1) is 11.3 Å². The highest BCUT2D eigenvalue weighted by Crippen LogP contribution is 2.13. The molecule has 3 rings (SSSR count). The Kier molecular flexibility index (Phi) is 8.47. The van der Waals surface area contributed by atoms with Crippen molar-refractivity contribution in [1.29, 1.82) is 5.26 Å². The van der Waals surface area contributed by atoms with Crippen molar-refractivity contribution in [2.45, 2.75) is 19.5 Å². The van der Waals surface area contributed by atoms with E-state index in [9.17, 15) is 10.1 Å². The first-order valence-electron chi connectivity index (χ1n) is 10.5. The van der Waals surface area contributed by atoms with Crippen LogP contribution in [-0.4, -0.2) is 24.5 Å². The number of carbonyl (C=O) groups is 1. The standard InChI is InChI=1S/C27H27N3O2/c1-32-26-14-12-22(13-15-26)16-17-29-27(31)25(18-28)21-30(19-23-8-4-2-5-9-23)20-24-10-6-3-7-11-24/h2-15,21H,16-17,19-20H2,1H3,(H,29,31)/b25-21-. The van der Waals surface area contributed by atoms with Gasteiger partial charge in [0.15, 0.2) is 0 Å². The van der Waals surface area contributed by atoms with E-state index in [4.69, 9.17) is 4.74 Å². The fourth-order valence-electron chi connectivity index (χ4n) is 3.31. The molecule has 0 unspecified atom stereocenters. The van der Waals surface area contributed by atoms with Gasteiger partial charge in [-0.15, -0.1) is 0 Å². The van der Waals surface area contributed by atoms with Crippen LogP contribution >= 0.6 is 0 Å². The number of rotatable bonds is 10. The number of nitriles is 1. The molecule has 0 bridgehead atoms. The lowest BCUT2D eigenvalue weighted by Crippen LogP contribution is -2.28. The Morgan fingerprint density at radius 1 is 0.906 bits per heavy atom. The zero-order valence-corrected chi connectivity index (χ0v) is 18.2. The van der Waals surface area contributed by atoms with Crippen LogP contribution in [0.4, 0.5) is 0 Å². The summed E-state index contributed by atoms with van der Waals surface area (Å²) in [5, 5.41) is 12.5. The van der Waals surface area contributed by atoms with Crippen LogP contribution in [0.1, 0.15) is 16.7 Å². The van der Waals surface area contributed by atoms with Crippen molar-refractivity contribution < 1.29 is 9.53 Å². The molecule has 0 aromatic heterocycles. The lowest BCUT2D eigenvalue weighted by atomic mass is 10.1. The smallest absolute Gasteiger partial charge is 0.263 e. The van der Waals surface area contributed by atoms with Gasteiger partial charge in [0.2, 0.25) is 0 Å². The van der Waals surface area contributed by atoms with Crippen LogP contribution in [0.15, 0.2) is 96.7 Å². The molecule has 0 aliphatic heterocycles. The summed E-state index contributed by atoms with van der Waals surface area (Å²) in [6.07, 6.45) is 2.33. The second kappa shape index (κ2) is 12.0. The van der Waals surface area contributed by atoms with Gasteiger partial charge in [0.1, 0.15) is 17.4 Å². The fraction of sp³-hybridized carbons (Fsp3) is 0.185. The van der Waals surface area contributed by atoms with Gasteiger partial charge in [-0.05, 0) is 35.2 Å². The minimum atomic E-state index is -0.368. The molecule has 162 valence electrons. The van der Waals surface area contributed by atoms with E-state index in [0.717, 1.165) is 22.4 Å². The van der Waals surface area contributed by atoms with Crippen molar-refractivity contribution in [1.82, 2.24) is 10.2 Å². The molecule has 0 radical (unpaired) electrons. The molecule has 0 aliphatic rings. The normalized spacial score (nSPS) is 10.8. The molecule has 5 nitrogen and oxygen atoms in total. The summed E-state index contributed by atoms with van der Waals surface area (Å²) in [6.45, 7) is 1.64. The highest BCUT2D eigenvalue weighted by molar-refractivity contribution is 5.97. The number of nitrogens with one attached hydrogen (secondary N) is 1. The van der Waals surface area contributed by atoms with E-state index >= 15 is 0 Å². The minimum Gasteiger partial charge on any atom is -0.497 e. The number of nitrogens with zero attached hydrogens (tertiary/aromatic N) is 2. The van der Waals surface area contributed by atoms with E-state index in [1.807, 2.05) is 89.8 Å². The summed E-state index contributed by atoms with van der Waals surface area (Å²) >= 11 is 0. The van der Waals surface area contributed by atoms with Gasteiger partial charge in [0.05, 0.1) is 7.11 Å². The average molecular weight is 426 g/mol. The predicted molar refractivity (Wildman–Crippen MR) is 126 cm³/mol. The fourth-order valence-corrected chi connectivity index (χ4v) is 3.31. The Labute approximate surface area is 189 Å². The first-order chi connectivity index (χ1) is 15.7. The molecule has 1 N–H and O–H groups in total. The van der Waals surface area contributed by atoms with Crippen LogP contribution in [0.25, 0.3) is 0 Å². The number of methoxy groups -OCH3 is 1. The van der Waals surface area contributed by atoms with E-state index in [1.165, 1.54) is 0 Å². The van der Waals surface area contributed by atoms with Gasteiger partial charge in [-0.25, -0.2) is 0 Å². The van der Waals surface area contributed by atoms with Gasteiger partial charge < -0.3 is 15.0 Å². The Bertz CT molecular complexity index is 1010. The number of benzene rings is 3. The first kappa shape index (κ1) is 22.6. The van der Waals surface area contributed by atoms with Gasteiger partial charge in [-0.2, -0.15) is 5.26 Å². The van der Waals surface area contributed by atoms with E-state index in [1.54, 1.807) is 13.3 Å². The molecule has 0 fully saturated rings. The van der Waals surface area contributed by atoms with E-state index in [-0.39, 0.29) is 11.5 Å². The van der Waals surface area contributed by atoms with Gasteiger partial charge in [0, 0.05) is 25.8 Å². The highest BCUT2D eigenvalue weighted by Gasteiger charge is 2.12.